The van der Waals surface area contributed by atoms with Crippen molar-refractivity contribution in [1.82, 2.24) is 14.9 Å². The van der Waals surface area contributed by atoms with Crippen LogP contribution in [-0.4, -0.2) is 35.5 Å². The van der Waals surface area contributed by atoms with Gasteiger partial charge in [0.1, 0.15) is 11.0 Å². The topological polar surface area (TPSA) is 29.0 Å². The summed E-state index contributed by atoms with van der Waals surface area (Å²) in [5.41, 5.74) is 1.94. The highest BCUT2D eigenvalue weighted by molar-refractivity contribution is 6.29. The number of hydrogen-bond donors (Lipinski definition) is 0. The van der Waals surface area contributed by atoms with E-state index in [1.165, 1.54) is 0 Å². The zero-order chi connectivity index (χ0) is 13.0. The summed E-state index contributed by atoms with van der Waals surface area (Å²) in [5, 5.41) is 0.498. The molecule has 0 fully saturated rings. The predicted octanol–water partition coefficient (Wildman–Crippen LogP) is 2.90. The number of rotatable bonds is 4. The first kappa shape index (κ1) is 13.0. The van der Waals surface area contributed by atoms with E-state index >= 15 is 0 Å². The van der Waals surface area contributed by atoms with Crippen LogP contribution >= 0.6 is 11.6 Å². The Hall–Kier alpha value is -1.45. The van der Waals surface area contributed by atoms with Crippen molar-refractivity contribution < 1.29 is 0 Å². The minimum absolute atomic E-state index is 0.498. The van der Waals surface area contributed by atoms with Gasteiger partial charge in [-0.1, -0.05) is 41.9 Å². The third-order valence-corrected chi connectivity index (χ3v) is 2.79. The molecule has 2 rings (SSSR count). The summed E-state index contributed by atoms with van der Waals surface area (Å²) < 4.78 is 0. The molecule has 0 atom stereocenters. The van der Waals surface area contributed by atoms with Gasteiger partial charge in [0.15, 0.2) is 0 Å². The second-order valence-corrected chi connectivity index (χ2v) is 4.80. The fourth-order valence-corrected chi connectivity index (χ4v) is 1.86. The molecule has 18 heavy (non-hydrogen) atoms. The molecule has 0 unspecified atom stereocenters. The Morgan fingerprint density at radius 2 is 1.83 bits per heavy atom. The Morgan fingerprint density at radius 1 is 1.11 bits per heavy atom. The number of likely N-dealkylation sites (N-methyl/N-ethyl adjacent to an activating group) is 1. The maximum absolute atomic E-state index is 6.05. The SMILES string of the molecule is CN(C)CCc1nc(Cl)cc(-c2ccccc2)n1. The van der Waals surface area contributed by atoms with E-state index in [2.05, 4.69) is 14.9 Å². The molecule has 1 aromatic carbocycles. The molecule has 3 nitrogen and oxygen atoms in total. The summed E-state index contributed by atoms with van der Waals surface area (Å²) in [6.07, 6.45) is 0.799. The lowest BCUT2D eigenvalue weighted by Gasteiger charge is -2.09. The smallest absolute Gasteiger partial charge is 0.133 e. The highest BCUT2D eigenvalue weighted by Gasteiger charge is 2.05. The minimum Gasteiger partial charge on any atom is -0.309 e. The Bertz CT molecular complexity index is 512. The van der Waals surface area contributed by atoms with Crippen LogP contribution < -0.4 is 0 Å². The Morgan fingerprint density at radius 3 is 2.50 bits per heavy atom. The molecule has 0 amide bonds. The van der Waals surface area contributed by atoms with Gasteiger partial charge in [-0.3, -0.25) is 0 Å². The molecule has 94 valence electrons. The van der Waals surface area contributed by atoms with Gasteiger partial charge in [-0.25, -0.2) is 9.97 Å². The van der Waals surface area contributed by atoms with Crippen molar-refractivity contribution in [1.29, 1.82) is 0 Å². The average Bonchev–Trinajstić information content (AvgIpc) is 2.37. The van der Waals surface area contributed by atoms with Crippen LogP contribution in [0.1, 0.15) is 5.82 Å². The molecular formula is C14H16ClN3. The third-order valence-electron chi connectivity index (χ3n) is 2.59. The van der Waals surface area contributed by atoms with Crippen molar-refractivity contribution in [2.24, 2.45) is 0 Å². The fraction of sp³-hybridized carbons (Fsp3) is 0.286. The van der Waals surface area contributed by atoms with E-state index in [1.54, 1.807) is 6.07 Å². The van der Waals surface area contributed by atoms with Crippen LogP contribution in [0.15, 0.2) is 36.4 Å². The molecule has 1 heterocycles. The Kier molecular flexibility index (Phi) is 4.28. The standard InChI is InChI=1S/C14H16ClN3/c1-18(2)9-8-14-16-12(10-13(15)17-14)11-6-4-3-5-7-11/h3-7,10H,8-9H2,1-2H3. The van der Waals surface area contributed by atoms with Gasteiger partial charge >= 0.3 is 0 Å². The number of hydrogen-bond acceptors (Lipinski definition) is 3. The van der Waals surface area contributed by atoms with Gasteiger partial charge in [0.2, 0.25) is 0 Å². The van der Waals surface area contributed by atoms with Crippen LogP contribution in [0.2, 0.25) is 5.15 Å². The molecular weight excluding hydrogens is 246 g/mol. The second kappa shape index (κ2) is 5.94. The molecule has 0 spiro atoms. The van der Waals surface area contributed by atoms with E-state index in [9.17, 15) is 0 Å². The fourth-order valence-electron chi connectivity index (χ4n) is 1.66. The van der Waals surface area contributed by atoms with Gasteiger partial charge in [0.25, 0.3) is 0 Å². The molecule has 0 aliphatic carbocycles. The highest BCUT2D eigenvalue weighted by Crippen LogP contribution is 2.19. The first-order chi connectivity index (χ1) is 8.65. The van der Waals surface area contributed by atoms with E-state index in [4.69, 9.17) is 11.6 Å². The molecule has 0 radical (unpaired) electrons. The monoisotopic (exact) mass is 261 g/mol. The van der Waals surface area contributed by atoms with Crippen molar-refractivity contribution >= 4 is 11.6 Å². The average molecular weight is 262 g/mol. The van der Waals surface area contributed by atoms with Crippen LogP contribution in [-0.2, 0) is 6.42 Å². The zero-order valence-corrected chi connectivity index (χ0v) is 11.4. The molecule has 0 saturated carbocycles. The molecule has 0 aliphatic heterocycles. The molecule has 0 N–H and O–H groups in total. The van der Waals surface area contributed by atoms with Crippen molar-refractivity contribution in [2.45, 2.75) is 6.42 Å². The summed E-state index contributed by atoms with van der Waals surface area (Å²) in [4.78, 5) is 10.9. The van der Waals surface area contributed by atoms with E-state index in [-0.39, 0.29) is 0 Å². The van der Waals surface area contributed by atoms with E-state index < -0.39 is 0 Å². The largest absolute Gasteiger partial charge is 0.309 e. The highest BCUT2D eigenvalue weighted by atomic mass is 35.5. The maximum atomic E-state index is 6.05. The zero-order valence-electron chi connectivity index (χ0n) is 10.6. The maximum Gasteiger partial charge on any atom is 0.133 e. The first-order valence-corrected chi connectivity index (χ1v) is 6.26. The van der Waals surface area contributed by atoms with Crippen LogP contribution in [0, 0.1) is 0 Å². The molecule has 0 bridgehead atoms. The Labute approximate surface area is 112 Å². The van der Waals surface area contributed by atoms with Gasteiger partial charge in [0.05, 0.1) is 5.69 Å². The summed E-state index contributed by atoms with van der Waals surface area (Å²) in [6, 6.07) is 11.8. The van der Waals surface area contributed by atoms with E-state index in [1.807, 2.05) is 44.4 Å². The van der Waals surface area contributed by atoms with Crippen molar-refractivity contribution in [2.75, 3.05) is 20.6 Å². The van der Waals surface area contributed by atoms with Gasteiger partial charge in [-0.05, 0) is 14.1 Å². The van der Waals surface area contributed by atoms with Crippen LogP contribution in [0.25, 0.3) is 11.3 Å². The third kappa shape index (κ3) is 3.52. The quantitative estimate of drug-likeness (QED) is 0.793. The van der Waals surface area contributed by atoms with E-state index in [0.717, 1.165) is 30.0 Å². The van der Waals surface area contributed by atoms with Crippen LogP contribution in [0.4, 0.5) is 0 Å². The summed E-state index contributed by atoms with van der Waals surface area (Å²) in [7, 11) is 4.06. The number of nitrogens with zero attached hydrogens (tertiary/aromatic N) is 3. The van der Waals surface area contributed by atoms with Gasteiger partial charge in [-0.2, -0.15) is 0 Å². The molecule has 0 saturated heterocycles. The number of benzene rings is 1. The number of halogens is 1. The van der Waals surface area contributed by atoms with Gasteiger partial charge in [-0.15, -0.1) is 0 Å². The summed E-state index contributed by atoms with van der Waals surface area (Å²) in [5.74, 6) is 0.787. The number of aromatic nitrogens is 2. The summed E-state index contributed by atoms with van der Waals surface area (Å²) in [6.45, 7) is 0.911. The van der Waals surface area contributed by atoms with E-state index in [0.29, 0.717) is 5.15 Å². The van der Waals surface area contributed by atoms with Crippen molar-refractivity contribution in [3.05, 3.63) is 47.4 Å². The van der Waals surface area contributed by atoms with Crippen LogP contribution in [0.3, 0.4) is 0 Å². The molecule has 2 aromatic rings. The molecule has 0 aliphatic rings. The van der Waals surface area contributed by atoms with Crippen molar-refractivity contribution in [3.8, 4) is 11.3 Å². The molecule has 4 heteroatoms. The summed E-state index contributed by atoms with van der Waals surface area (Å²) >= 11 is 6.05. The van der Waals surface area contributed by atoms with Gasteiger partial charge < -0.3 is 4.90 Å². The lowest BCUT2D eigenvalue weighted by Crippen LogP contribution is -2.16. The van der Waals surface area contributed by atoms with Crippen LogP contribution in [0.5, 0.6) is 0 Å². The normalized spacial score (nSPS) is 10.9. The first-order valence-electron chi connectivity index (χ1n) is 5.89. The predicted molar refractivity (Wildman–Crippen MR) is 74.7 cm³/mol. The van der Waals surface area contributed by atoms with Gasteiger partial charge in [0, 0.05) is 24.6 Å². The lowest BCUT2D eigenvalue weighted by molar-refractivity contribution is 0.409. The molecule has 1 aromatic heterocycles. The lowest BCUT2D eigenvalue weighted by atomic mass is 10.1. The Balaban J connectivity index is 2.27. The van der Waals surface area contributed by atoms with Crippen molar-refractivity contribution in [3.63, 3.8) is 0 Å². The second-order valence-electron chi connectivity index (χ2n) is 4.41. The minimum atomic E-state index is 0.498.